The molecule has 0 saturated carbocycles. The highest BCUT2D eigenvalue weighted by molar-refractivity contribution is 5.78. The zero-order valence-corrected chi connectivity index (χ0v) is 14.4. The van der Waals surface area contributed by atoms with Crippen LogP contribution in [0.1, 0.15) is 5.56 Å². The molecule has 6 heteroatoms. The molecule has 0 fully saturated rings. The first-order valence-electron chi connectivity index (χ1n) is 8.50. The van der Waals surface area contributed by atoms with Gasteiger partial charge in [-0.2, -0.15) is 0 Å². The van der Waals surface area contributed by atoms with Gasteiger partial charge in [0.05, 0.1) is 17.2 Å². The summed E-state index contributed by atoms with van der Waals surface area (Å²) in [7, 11) is 0. The number of hydrogen-bond donors (Lipinski definition) is 0. The minimum absolute atomic E-state index is 0.0407. The third-order valence-corrected chi connectivity index (χ3v) is 4.29. The molecule has 0 saturated heterocycles. The Hall–Kier alpha value is -3.80. The predicted molar refractivity (Wildman–Crippen MR) is 103 cm³/mol. The van der Waals surface area contributed by atoms with Crippen LogP contribution < -0.4 is 0 Å². The first-order valence-corrected chi connectivity index (χ1v) is 8.50. The number of nitro groups is 1. The van der Waals surface area contributed by atoms with Gasteiger partial charge >= 0.3 is 0 Å². The Morgan fingerprint density at radius 3 is 2.22 bits per heavy atom. The normalized spacial score (nSPS) is 10.7. The van der Waals surface area contributed by atoms with Crippen LogP contribution in [0.4, 0.5) is 5.69 Å². The van der Waals surface area contributed by atoms with Crippen LogP contribution in [0.2, 0.25) is 0 Å². The minimum atomic E-state index is -0.392. The Labute approximate surface area is 155 Å². The molecule has 132 valence electrons. The molecule has 4 aromatic rings. The standard InChI is InChI=1S/C21H16N4O2/c26-25(27)19-13-7-12-18(14-19)21-20(17-10-5-2-6-11-17)22-23-24(21)15-16-8-3-1-4-9-16/h1-14H,15H2. The lowest BCUT2D eigenvalue weighted by Gasteiger charge is -2.09. The smallest absolute Gasteiger partial charge is 0.258 e. The molecule has 0 aliphatic rings. The predicted octanol–water partition coefficient (Wildman–Crippen LogP) is 4.57. The summed E-state index contributed by atoms with van der Waals surface area (Å²) in [6.45, 7) is 0.526. The van der Waals surface area contributed by atoms with Crippen LogP contribution in [0.3, 0.4) is 0 Å². The van der Waals surface area contributed by atoms with Crippen LogP contribution in [-0.2, 0) is 6.54 Å². The van der Waals surface area contributed by atoms with Gasteiger partial charge < -0.3 is 0 Å². The van der Waals surface area contributed by atoms with Crippen molar-refractivity contribution >= 4 is 5.69 Å². The molecule has 1 heterocycles. The number of rotatable bonds is 5. The van der Waals surface area contributed by atoms with Crippen molar-refractivity contribution in [1.82, 2.24) is 15.0 Å². The van der Waals surface area contributed by atoms with Gasteiger partial charge in [0.25, 0.3) is 5.69 Å². The van der Waals surface area contributed by atoms with Crippen LogP contribution in [0.15, 0.2) is 84.9 Å². The summed E-state index contributed by atoms with van der Waals surface area (Å²) in [5.74, 6) is 0. The monoisotopic (exact) mass is 356 g/mol. The van der Waals surface area contributed by atoms with Gasteiger partial charge in [-0.15, -0.1) is 5.10 Å². The molecule has 0 atom stereocenters. The van der Waals surface area contributed by atoms with E-state index in [1.54, 1.807) is 16.8 Å². The molecule has 0 aliphatic carbocycles. The molecule has 0 bridgehead atoms. The molecule has 0 aliphatic heterocycles. The summed E-state index contributed by atoms with van der Waals surface area (Å²) in [5, 5.41) is 19.9. The number of benzene rings is 3. The lowest BCUT2D eigenvalue weighted by Crippen LogP contribution is -2.04. The molecule has 0 amide bonds. The third-order valence-electron chi connectivity index (χ3n) is 4.29. The third kappa shape index (κ3) is 3.46. The fourth-order valence-electron chi connectivity index (χ4n) is 3.02. The first kappa shape index (κ1) is 16.7. The van der Waals surface area contributed by atoms with E-state index in [0.29, 0.717) is 17.8 Å². The Bertz CT molecular complexity index is 1080. The second-order valence-electron chi connectivity index (χ2n) is 6.10. The molecule has 0 N–H and O–H groups in total. The van der Waals surface area contributed by atoms with Crippen molar-refractivity contribution in [3.8, 4) is 22.5 Å². The summed E-state index contributed by atoms with van der Waals surface area (Å²) in [6.07, 6.45) is 0. The van der Waals surface area contributed by atoms with E-state index in [2.05, 4.69) is 10.3 Å². The van der Waals surface area contributed by atoms with E-state index >= 15 is 0 Å². The van der Waals surface area contributed by atoms with Gasteiger partial charge in [0.2, 0.25) is 0 Å². The van der Waals surface area contributed by atoms with Crippen LogP contribution in [0.5, 0.6) is 0 Å². The lowest BCUT2D eigenvalue weighted by atomic mass is 10.0. The SMILES string of the molecule is O=[N+]([O-])c1cccc(-c2c(-c3ccccc3)nnn2Cc2ccccc2)c1. The lowest BCUT2D eigenvalue weighted by molar-refractivity contribution is -0.384. The molecule has 1 aromatic heterocycles. The van der Waals surface area contributed by atoms with Gasteiger partial charge in [0.15, 0.2) is 0 Å². The van der Waals surface area contributed by atoms with Crippen LogP contribution >= 0.6 is 0 Å². The average molecular weight is 356 g/mol. The molecule has 6 nitrogen and oxygen atoms in total. The number of nitro benzene ring substituents is 1. The molecule has 0 radical (unpaired) electrons. The number of aromatic nitrogens is 3. The molecule has 0 spiro atoms. The Kier molecular flexibility index (Phi) is 4.45. The van der Waals surface area contributed by atoms with E-state index < -0.39 is 4.92 Å². The van der Waals surface area contributed by atoms with E-state index in [1.807, 2.05) is 66.7 Å². The first-order chi connectivity index (χ1) is 13.2. The number of non-ortho nitro benzene ring substituents is 1. The van der Waals surface area contributed by atoms with E-state index in [1.165, 1.54) is 6.07 Å². The molecule has 0 unspecified atom stereocenters. The quantitative estimate of drug-likeness (QED) is 0.388. The summed E-state index contributed by atoms with van der Waals surface area (Å²) in [6, 6.07) is 26.2. The maximum absolute atomic E-state index is 11.2. The van der Waals surface area contributed by atoms with E-state index in [9.17, 15) is 10.1 Å². The second kappa shape index (κ2) is 7.21. The van der Waals surface area contributed by atoms with E-state index in [-0.39, 0.29) is 5.69 Å². The van der Waals surface area contributed by atoms with Gasteiger partial charge in [-0.05, 0) is 5.56 Å². The molecular weight excluding hydrogens is 340 g/mol. The molecule has 3 aromatic carbocycles. The zero-order chi connectivity index (χ0) is 18.6. The highest BCUT2D eigenvalue weighted by Gasteiger charge is 2.19. The topological polar surface area (TPSA) is 73.8 Å². The minimum Gasteiger partial charge on any atom is -0.258 e. The van der Waals surface area contributed by atoms with Gasteiger partial charge in [0, 0.05) is 23.3 Å². The number of hydrogen-bond acceptors (Lipinski definition) is 4. The van der Waals surface area contributed by atoms with E-state index in [4.69, 9.17) is 0 Å². The zero-order valence-electron chi connectivity index (χ0n) is 14.4. The largest absolute Gasteiger partial charge is 0.270 e. The van der Waals surface area contributed by atoms with Crippen molar-refractivity contribution in [2.45, 2.75) is 6.54 Å². The van der Waals surface area contributed by atoms with Gasteiger partial charge in [0.1, 0.15) is 5.69 Å². The summed E-state index contributed by atoms with van der Waals surface area (Å²) >= 11 is 0. The van der Waals surface area contributed by atoms with Gasteiger partial charge in [-0.1, -0.05) is 78.0 Å². The van der Waals surface area contributed by atoms with Crippen molar-refractivity contribution in [2.75, 3.05) is 0 Å². The van der Waals surface area contributed by atoms with Gasteiger partial charge in [-0.3, -0.25) is 10.1 Å². The molecule has 4 rings (SSSR count). The maximum atomic E-state index is 11.2. The average Bonchev–Trinajstić information content (AvgIpc) is 3.13. The van der Waals surface area contributed by atoms with Crippen molar-refractivity contribution in [3.63, 3.8) is 0 Å². The highest BCUT2D eigenvalue weighted by Crippen LogP contribution is 2.32. The fourth-order valence-corrected chi connectivity index (χ4v) is 3.02. The highest BCUT2D eigenvalue weighted by atomic mass is 16.6. The van der Waals surface area contributed by atoms with Crippen LogP contribution in [0.25, 0.3) is 22.5 Å². The van der Waals surface area contributed by atoms with Crippen LogP contribution in [-0.4, -0.2) is 19.9 Å². The van der Waals surface area contributed by atoms with Crippen LogP contribution in [0, 0.1) is 10.1 Å². The Morgan fingerprint density at radius 2 is 1.52 bits per heavy atom. The van der Waals surface area contributed by atoms with Crippen molar-refractivity contribution in [3.05, 3.63) is 101 Å². The molecule has 27 heavy (non-hydrogen) atoms. The maximum Gasteiger partial charge on any atom is 0.270 e. The summed E-state index contributed by atoms with van der Waals surface area (Å²) in [4.78, 5) is 10.8. The van der Waals surface area contributed by atoms with Gasteiger partial charge in [-0.25, -0.2) is 4.68 Å². The molecular formula is C21H16N4O2. The second-order valence-corrected chi connectivity index (χ2v) is 6.10. The fraction of sp³-hybridized carbons (Fsp3) is 0.0476. The van der Waals surface area contributed by atoms with Crippen molar-refractivity contribution in [2.24, 2.45) is 0 Å². The van der Waals surface area contributed by atoms with Crippen molar-refractivity contribution in [1.29, 1.82) is 0 Å². The Morgan fingerprint density at radius 1 is 0.852 bits per heavy atom. The van der Waals surface area contributed by atoms with E-state index in [0.717, 1.165) is 16.8 Å². The number of nitrogens with zero attached hydrogens (tertiary/aromatic N) is 4. The summed E-state index contributed by atoms with van der Waals surface area (Å²) < 4.78 is 1.79. The van der Waals surface area contributed by atoms with Crippen molar-refractivity contribution < 1.29 is 4.92 Å². The Balaban J connectivity index is 1.87. The summed E-state index contributed by atoms with van der Waals surface area (Å²) in [5.41, 5.74) is 4.20.